The van der Waals surface area contributed by atoms with Crippen molar-refractivity contribution >= 4 is 44.5 Å². The summed E-state index contributed by atoms with van der Waals surface area (Å²) in [7, 11) is 3.90. The van der Waals surface area contributed by atoms with Crippen molar-refractivity contribution in [2.75, 3.05) is 25.6 Å². The Bertz CT molecular complexity index is 1420. The van der Waals surface area contributed by atoms with Gasteiger partial charge in [0, 0.05) is 30.5 Å². The number of halogens is 1. The molecule has 0 radical (unpaired) electrons. The highest BCUT2D eigenvalue weighted by Gasteiger charge is 2.15. The van der Waals surface area contributed by atoms with Crippen LogP contribution in [0.15, 0.2) is 77.0 Å². The highest BCUT2D eigenvalue weighted by Crippen LogP contribution is 2.31. The molecule has 0 saturated heterocycles. The molecule has 0 spiro atoms. The van der Waals surface area contributed by atoms with Gasteiger partial charge in [-0.2, -0.15) is 5.11 Å². The molecule has 39 heavy (non-hydrogen) atoms. The lowest BCUT2D eigenvalue weighted by Gasteiger charge is -2.11. The maximum atomic E-state index is 14.6. The molecular formula is C31H34FN3O3S. The molecule has 6 nitrogen and oxygen atoms in total. The van der Waals surface area contributed by atoms with Gasteiger partial charge < -0.3 is 14.4 Å². The zero-order valence-corrected chi connectivity index (χ0v) is 23.5. The third-order valence-corrected chi connectivity index (χ3v) is 7.31. The molecule has 0 amide bonds. The topological polar surface area (TPSA) is 63.5 Å². The second kappa shape index (κ2) is 13.8. The Morgan fingerprint density at radius 1 is 0.872 bits per heavy atom. The number of azo groups is 1. The van der Waals surface area contributed by atoms with E-state index in [9.17, 15) is 9.18 Å². The first-order valence-corrected chi connectivity index (χ1v) is 14.1. The Morgan fingerprint density at radius 3 is 2.36 bits per heavy atom. The summed E-state index contributed by atoms with van der Waals surface area (Å²) in [4.78, 5) is 15.2. The molecule has 0 aliphatic heterocycles. The SMILES string of the molecule is CCCCCCCCOc1ccc2cc(C(=O)Oc3ccc(N=Nc4ccc(N(C)C)cc4)c(F)c3)sc2c1. The summed E-state index contributed by atoms with van der Waals surface area (Å²) < 4.78 is 26.9. The van der Waals surface area contributed by atoms with E-state index in [0.29, 0.717) is 17.2 Å². The minimum Gasteiger partial charge on any atom is -0.494 e. The summed E-state index contributed by atoms with van der Waals surface area (Å²) >= 11 is 1.32. The molecule has 204 valence electrons. The fraction of sp³-hybridized carbons (Fsp3) is 0.323. The largest absolute Gasteiger partial charge is 0.494 e. The van der Waals surface area contributed by atoms with Gasteiger partial charge in [-0.1, -0.05) is 39.0 Å². The molecule has 1 aromatic heterocycles. The van der Waals surface area contributed by atoms with E-state index in [2.05, 4.69) is 17.2 Å². The molecule has 0 fully saturated rings. The van der Waals surface area contributed by atoms with E-state index in [-0.39, 0.29) is 11.4 Å². The lowest BCUT2D eigenvalue weighted by molar-refractivity contribution is 0.0739. The third-order valence-electron chi connectivity index (χ3n) is 6.23. The Morgan fingerprint density at radius 2 is 1.62 bits per heavy atom. The normalized spacial score (nSPS) is 11.3. The van der Waals surface area contributed by atoms with E-state index >= 15 is 0 Å². The van der Waals surface area contributed by atoms with Crippen molar-refractivity contribution in [3.8, 4) is 11.5 Å². The molecule has 0 aliphatic carbocycles. The quantitative estimate of drug-likeness (QED) is 0.0724. The van der Waals surface area contributed by atoms with Crippen LogP contribution in [-0.4, -0.2) is 26.7 Å². The summed E-state index contributed by atoms with van der Waals surface area (Å²) in [6.45, 7) is 2.90. The van der Waals surface area contributed by atoms with Crippen LogP contribution in [0.5, 0.6) is 11.5 Å². The molecule has 0 N–H and O–H groups in total. The molecule has 8 heteroatoms. The molecule has 3 aromatic carbocycles. The fourth-order valence-electron chi connectivity index (χ4n) is 3.99. The minimum absolute atomic E-state index is 0.0573. The average molecular weight is 548 g/mol. The highest BCUT2D eigenvalue weighted by atomic mass is 32.1. The van der Waals surface area contributed by atoms with Crippen molar-refractivity contribution in [2.45, 2.75) is 45.4 Å². The standard InChI is InChI=1S/C31H34FN3O3S/c1-4-5-6-7-8-9-18-37-25-15-10-22-19-30(39-29(22)21-25)31(36)38-26-16-17-28(27(32)20-26)34-33-23-11-13-24(14-12-23)35(2)3/h10-17,19-21H,4-9,18H2,1-3H3. The summed E-state index contributed by atoms with van der Waals surface area (Å²) in [5.74, 6) is -0.275. The lowest BCUT2D eigenvalue weighted by Crippen LogP contribution is -2.07. The van der Waals surface area contributed by atoms with Crippen LogP contribution in [0.1, 0.15) is 55.1 Å². The zero-order chi connectivity index (χ0) is 27.6. The van der Waals surface area contributed by atoms with Gasteiger partial charge in [0.15, 0.2) is 5.82 Å². The van der Waals surface area contributed by atoms with Crippen LogP contribution in [-0.2, 0) is 0 Å². The summed E-state index contributed by atoms with van der Waals surface area (Å²) in [5.41, 5.74) is 1.69. The summed E-state index contributed by atoms with van der Waals surface area (Å²) in [6.07, 6.45) is 7.27. The number of hydrogen-bond donors (Lipinski definition) is 0. The number of unbranched alkanes of at least 4 members (excludes halogenated alkanes) is 5. The number of benzene rings is 3. The number of anilines is 1. The van der Waals surface area contributed by atoms with E-state index in [1.807, 2.05) is 61.5 Å². The highest BCUT2D eigenvalue weighted by molar-refractivity contribution is 7.20. The van der Waals surface area contributed by atoms with Crippen molar-refractivity contribution in [2.24, 2.45) is 10.2 Å². The van der Waals surface area contributed by atoms with E-state index < -0.39 is 11.8 Å². The van der Waals surface area contributed by atoms with E-state index in [1.165, 1.54) is 55.6 Å². The van der Waals surface area contributed by atoms with Gasteiger partial charge in [0.1, 0.15) is 22.1 Å². The number of thiophene rings is 1. The second-order valence-corrected chi connectivity index (χ2v) is 10.6. The Kier molecular flexibility index (Phi) is 10.0. The first kappa shape index (κ1) is 28.2. The molecule has 1 heterocycles. The van der Waals surface area contributed by atoms with Gasteiger partial charge in [-0.25, -0.2) is 9.18 Å². The number of ether oxygens (including phenoxy) is 2. The monoisotopic (exact) mass is 547 g/mol. The van der Waals surface area contributed by atoms with Crippen molar-refractivity contribution in [1.29, 1.82) is 0 Å². The Labute approximate surface area is 233 Å². The van der Waals surface area contributed by atoms with Crippen LogP contribution in [0.4, 0.5) is 21.5 Å². The molecule has 4 rings (SSSR count). The van der Waals surface area contributed by atoms with E-state index in [4.69, 9.17) is 9.47 Å². The van der Waals surface area contributed by atoms with Crippen LogP contribution in [0.2, 0.25) is 0 Å². The van der Waals surface area contributed by atoms with Gasteiger partial charge in [-0.3, -0.25) is 0 Å². The Balaban J connectivity index is 1.33. The van der Waals surface area contributed by atoms with Gasteiger partial charge in [0.05, 0.1) is 12.3 Å². The number of hydrogen-bond acceptors (Lipinski definition) is 7. The molecule has 0 atom stereocenters. The number of nitrogens with zero attached hydrogens (tertiary/aromatic N) is 3. The van der Waals surface area contributed by atoms with Gasteiger partial charge >= 0.3 is 5.97 Å². The number of carbonyl (C=O) groups excluding carboxylic acids is 1. The number of carbonyl (C=O) groups is 1. The zero-order valence-electron chi connectivity index (χ0n) is 22.7. The van der Waals surface area contributed by atoms with Gasteiger partial charge in [-0.05, 0) is 72.5 Å². The van der Waals surface area contributed by atoms with Crippen molar-refractivity contribution in [1.82, 2.24) is 0 Å². The third kappa shape index (κ3) is 8.10. The molecule has 0 saturated carbocycles. The van der Waals surface area contributed by atoms with Crippen LogP contribution < -0.4 is 14.4 Å². The van der Waals surface area contributed by atoms with Crippen LogP contribution in [0, 0.1) is 5.82 Å². The lowest BCUT2D eigenvalue weighted by atomic mass is 10.1. The van der Waals surface area contributed by atoms with Gasteiger partial charge in [0.2, 0.25) is 0 Å². The fourth-order valence-corrected chi connectivity index (χ4v) is 4.96. The van der Waals surface area contributed by atoms with Crippen LogP contribution >= 0.6 is 11.3 Å². The maximum Gasteiger partial charge on any atom is 0.353 e. The number of esters is 1. The predicted octanol–water partition coefficient (Wildman–Crippen LogP) is 9.48. The molecular weight excluding hydrogens is 513 g/mol. The van der Waals surface area contributed by atoms with Crippen LogP contribution in [0.3, 0.4) is 0 Å². The van der Waals surface area contributed by atoms with Crippen LogP contribution in [0.25, 0.3) is 10.1 Å². The van der Waals surface area contributed by atoms with Gasteiger partial charge in [0.25, 0.3) is 0 Å². The van der Waals surface area contributed by atoms with Crippen molar-refractivity contribution in [3.05, 3.63) is 77.4 Å². The second-order valence-electron chi connectivity index (χ2n) is 9.54. The predicted molar refractivity (Wildman–Crippen MR) is 157 cm³/mol. The maximum absolute atomic E-state index is 14.6. The molecule has 0 bridgehead atoms. The Hall–Kier alpha value is -3.78. The smallest absolute Gasteiger partial charge is 0.353 e. The van der Waals surface area contributed by atoms with Crippen molar-refractivity contribution in [3.63, 3.8) is 0 Å². The molecule has 0 unspecified atom stereocenters. The van der Waals surface area contributed by atoms with Crippen molar-refractivity contribution < 1.29 is 18.7 Å². The average Bonchev–Trinajstić information content (AvgIpc) is 3.36. The van der Waals surface area contributed by atoms with E-state index in [1.54, 1.807) is 6.07 Å². The van der Waals surface area contributed by atoms with E-state index in [0.717, 1.165) is 34.0 Å². The number of rotatable bonds is 13. The minimum atomic E-state index is -0.627. The summed E-state index contributed by atoms with van der Waals surface area (Å²) in [6, 6.07) is 19.1. The number of fused-ring (bicyclic) bond motifs is 1. The molecule has 0 aliphatic rings. The first-order valence-electron chi connectivity index (χ1n) is 13.3. The molecule has 4 aromatic rings. The summed E-state index contributed by atoms with van der Waals surface area (Å²) in [5, 5.41) is 9.02. The van der Waals surface area contributed by atoms with Gasteiger partial charge in [-0.15, -0.1) is 16.5 Å². The first-order chi connectivity index (χ1) is 18.9.